The van der Waals surface area contributed by atoms with E-state index in [4.69, 9.17) is 16.3 Å². The van der Waals surface area contributed by atoms with Crippen molar-refractivity contribution in [2.75, 3.05) is 12.8 Å². The summed E-state index contributed by atoms with van der Waals surface area (Å²) < 4.78 is 7.59. The van der Waals surface area contributed by atoms with E-state index in [0.717, 1.165) is 23.7 Å². The maximum Gasteiger partial charge on any atom is 0.233 e. The zero-order valence-electron chi connectivity index (χ0n) is 15.7. The minimum absolute atomic E-state index is 0.147. The lowest BCUT2D eigenvalue weighted by Gasteiger charge is -2.31. The lowest BCUT2D eigenvalue weighted by molar-refractivity contribution is -0.129. The van der Waals surface area contributed by atoms with E-state index in [0.29, 0.717) is 29.2 Å². The molecule has 146 valence electrons. The molecule has 0 bridgehead atoms. The summed E-state index contributed by atoms with van der Waals surface area (Å²) in [4.78, 5) is 14.4. The van der Waals surface area contributed by atoms with Crippen LogP contribution < -0.4 is 4.74 Å². The number of amides is 1. The first-order chi connectivity index (χ1) is 13.0. The van der Waals surface area contributed by atoms with Gasteiger partial charge in [-0.1, -0.05) is 42.6 Å². The maximum absolute atomic E-state index is 12.5. The van der Waals surface area contributed by atoms with Gasteiger partial charge in [0.1, 0.15) is 12.4 Å². The van der Waals surface area contributed by atoms with Gasteiger partial charge in [-0.05, 0) is 37.1 Å². The number of carbonyl (C=O) groups excluding carboxylic acids is 1. The van der Waals surface area contributed by atoms with Gasteiger partial charge in [-0.25, -0.2) is 0 Å². The van der Waals surface area contributed by atoms with Crippen molar-refractivity contribution >= 4 is 29.3 Å². The summed E-state index contributed by atoms with van der Waals surface area (Å²) in [5.74, 6) is 1.95. The fraction of sp³-hybridized carbons (Fsp3) is 0.526. The van der Waals surface area contributed by atoms with Gasteiger partial charge in [-0.3, -0.25) is 4.79 Å². The zero-order valence-corrected chi connectivity index (χ0v) is 17.3. The van der Waals surface area contributed by atoms with Crippen LogP contribution >= 0.6 is 23.4 Å². The number of hydrogen-bond donors (Lipinski definition) is 0. The van der Waals surface area contributed by atoms with Crippen LogP contribution in [0.5, 0.6) is 5.75 Å². The number of ether oxygens (including phenoxy) is 1. The van der Waals surface area contributed by atoms with E-state index in [1.165, 1.54) is 31.0 Å². The molecule has 2 aromatic rings. The standard InChI is InChI=1S/C19H25ClN4O2S/c1-23(15-6-4-3-5-7-15)18(25)13-27-19-22-21-17(24(19)2)12-26-16-10-8-14(20)9-11-16/h8-11,15H,3-7,12-13H2,1-2H3. The Hall–Kier alpha value is -1.73. The molecule has 1 aliphatic rings. The maximum atomic E-state index is 12.5. The van der Waals surface area contributed by atoms with Gasteiger partial charge in [0.05, 0.1) is 5.75 Å². The van der Waals surface area contributed by atoms with Crippen molar-refractivity contribution in [1.82, 2.24) is 19.7 Å². The van der Waals surface area contributed by atoms with Gasteiger partial charge < -0.3 is 14.2 Å². The quantitative estimate of drug-likeness (QED) is 0.649. The Bertz CT molecular complexity index is 760. The van der Waals surface area contributed by atoms with Crippen LogP contribution in [0.15, 0.2) is 29.4 Å². The number of carbonyl (C=O) groups is 1. The monoisotopic (exact) mass is 408 g/mol. The molecule has 6 nitrogen and oxygen atoms in total. The third kappa shape index (κ3) is 5.39. The average molecular weight is 409 g/mol. The highest BCUT2D eigenvalue weighted by molar-refractivity contribution is 7.99. The van der Waals surface area contributed by atoms with Crippen LogP contribution in [0.4, 0.5) is 0 Å². The van der Waals surface area contributed by atoms with E-state index in [-0.39, 0.29) is 5.91 Å². The number of benzene rings is 1. The third-order valence-corrected chi connectivity index (χ3v) is 6.20. The molecular formula is C19H25ClN4O2S. The summed E-state index contributed by atoms with van der Waals surface area (Å²) in [6, 6.07) is 7.57. The average Bonchev–Trinajstić information content (AvgIpc) is 3.05. The van der Waals surface area contributed by atoms with E-state index in [2.05, 4.69) is 10.2 Å². The third-order valence-electron chi connectivity index (χ3n) is 4.95. The van der Waals surface area contributed by atoms with Crippen LogP contribution in [0.2, 0.25) is 5.02 Å². The predicted octanol–water partition coefficient (Wildman–Crippen LogP) is 3.93. The van der Waals surface area contributed by atoms with E-state index >= 15 is 0 Å². The molecule has 0 aliphatic heterocycles. The SMILES string of the molecule is CN(C(=O)CSc1nnc(COc2ccc(Cl)cc2)n1C)C1CCCCC1. The first-order valence-electron chi connectivity index (χ1n) is 9.19. The Kier molecular flexibility index (Phi) is 7.01. The van der Waals surface area contributed by atoms with Crippen molar-refractivity contribution in [1.29, 1.82) is 0 Å². The van der Waals surface area contributed by atoms with Crippen molar-refractivity contribution < 1.29 is 9.53 Å². The summed E-state index contributed by atoms with van der Waals surface area (Å²) in [5, 5.41) is 9.75. The molecule has 0 saturated heterocycles. The van der Waals surface area contributed by atoms with E-state index in [1.54, 1.807) is 12.1 Å². The molecule has 3 rings (SSSR count). The van der Waals surface area contributed by atoms with Crippen LogP contribution in [0, 0.1) is 0 Å². The fourth-order valence-electron chi connectivity index (χ4n) is 3.18. The van der Waals surface area contributed by atoms with Crippen LogP contribution in [0.25, 0.3) is 0 Å². The normalized spacial score (nSPS) is 14.9. The van der Waals surface area contributed by atoms with E-state index < -0.39 is 0 Å². The second-order valence-corrected chi connectivity index (χ2v) is 8.16. The Morgan fingerprint density at radius 1 is 1.26 bits per heavy atom. The summed E-state index contributed by atoms with van der Waals surface area (Å²) in [6.07, 6.45) is 5.95. The van der Waals surface area contributed by atoms with Gasteiger partial charge in [0.25, 0.3) is 0 Å². The van der Waals surface area contributed by atoms with Crippen LogP contribution in [-0.2, 0) is 18.4 Å². The highest BCUT2D eigenvalue weighted by atomic mass is 35.5. The number of rotatable bonds is 7. The van der Waals surface area contributed by atoms with Crippen molar-refractivity contribution in [2.45, 2.75) is 49.9 Å². The molecular weight excluding hydrogens is 384 g/mol. The zero-order chi connectivity index (χ0) is 19.2. The van der Waals surface area contributed by atoms with Crippen molar-refractivity contribution in [3.05, 3.63) is 35.1 Å². The van der Waals surface area contributed by atoms with E-state index in [1.807, 2.05) is 35.7 Å². The highest BCUT2D eigenvalue weighted by Crippen LogP contribution is 2.23. The topological polar surface area (TPSA) is 60.3 Å². The molecule has 1 heterocycles. The van der Waals surface area contributed by atoms with Crippen LogP contribution in [0.3, 0.4) is 0 Å². The lowest BCUT2D eigenvalue weighted by Crippen LogP contribution is -2.39. The second-order valence-electron chi connectivity index (χ2n) is 6.79. The minimum atomic E-state index is 0.147. The molecule has 0 spiro atoms. The summed E-state index contributed by atoms with van der Waals surface area (Å²) in [5.41, 5.74) is 0. The number of hydrogen-bond acceptors (Lipinski definition) is 5. The number of thioether (sulfide) groups is 1. The van der Waals surface area contributed by atoms with Crippen molar-refractivity contribution in [2.24, 2.45) is 7.05 Å². The smallest absolute Gasteiger partial charge is 0.233 e. The number of nitrogens with zero attached hydrogens (tertiary/aromatic N) is 4. The first-order valence-corrected chi connectivity index (χ1v) is 10.6. The molecule has 1 aromatic carbocycles. The molecule has 0 unspecified atom stereocenters. The van der Waals surface area contributed by atoms with Crippen molar-refractivity contribution in [3.8, 4) is 5.75 Å². The van der Waals surface area contributed by atoms with Crippen LogP contribution in [0.1, 0.15) is 37.9 Å². The molecule has 1 saturated carbocycles. The molecule has 1 amide bonds. The molecule has 1 aromatic heterocycles. The van der Waals surface area contributed by atoms with Gasteiger partial charge in [-0.2, -0.15) is 0 Å². The minimum Gasteiger partial charge on any atom is -0.486 e. The number of aromatic nitrogens is 3. The van der Waals surface area contributed by atoms with Crippen molar-refractivity contribution in [3.63, 3.8) is 0 Å². The second kappa shape index (κ2) is 9.46. The van der Waals surface area contributed by atoms with Crippen LogP contribution in [-0.4, -0.2) is 44.4 Å². The van der Waals surface area contributed by atoms with Gasteiger partial charge in [-0.15, -0.1) is 10.2 Å². The van der Waals surface area contributed by atoms with E-state index in [9.17, 15) is 4.79 Å². The predicted molar refractivity (Wildman–Crippen MR) is 107 cm³/mol. The molecule has 0 atom stereocenters. The Balaban J connectivity index is 1.50. The molecule has 8 heteroatoms. The Labute approximate surface area is 169 Å². The fourth-order valence-corrected chi connectivity index (χ4v) is 4.16. The first kappa shape index (κ1) is 20.0. The number of halogens is 1. The summed E-state index contributed by atoms with van der Waals surface area (Å²) in [6.45, 7) is 0.307. The van der Waals surface area contributed by atoms with Gasteiger partial charge in [0, 0.05) is 25.2 Å². The largest absolute Gasteiger partial charge is 0.486 e. The Morgan fingerprint density at radius 2 is 1.96 bits per heavy atom. The molecule has 0 N–H and O–H groups in total. The summed E-state index contributed by atoms with van der Waals surface area (Å²) in [7, 11) is 3.80. The lowest BCUT2D eigenvalue weighted by atomic mass is 9.94. The summed E-state index contributed by atoms with van der Waals surface area (Å²) >= 11 is 7.29. The van der Waals surface area contributed by atoms with Gasteiger partial charge in [0.2, 0.25) is 5.91 Å². The molecule has 1 aliphatic carbocycles. The van der Waals surface area contributed by atoms with Gasteiger partial charge in [0.15, 0.2) is 11.0 Å². The molecule has 1 fully saturated rings. The Morgan fingerprint density at radius 3 is 2.67 bits per heavy atom. The molecule has 27 heavy (non-hydrogen) atoms. The molecule has 0 radical (unpaired) electrons. The highest BCUT2D eigenvalue weighted by Gasteiger charge is 2.22. The van der Waals surface area contributed by atoms with Gasteiger partial charge >= 0.3 is 0 Å².